The Kier molecular flexibility index (Phi) is 26.3. The summed E-state index contributed by atoms with van der Waals surface area (Å²) in [6.07, 6.45) is 0.140. The van der Waals surface area contributed by atoms with Crippen LogP contribution >= 0.6 is 0 Å². The molecule has 4 atom stereocenters. The molecule has 0 amide bonds. The van der Waals surface area contributed by atoms with E-state index in [4.69, 9.17) is 32.6 Å². The van der Waals surface area contributed by atoms with Crippen LogP contribution in [0.4, 0.5) is 5.69 Å². The number of aliphatic hydroxyl groups is 1. The summed E-state index contributed by atoms with van der Waals surface area (Å²) < 4.78 is 35.5. The largest absolute Gasteiger partial charge is 0.436 e. The number of anilines is 1. The van der Waals surface area contributed by atoms with Gasteiger partial charge in [0, 0.05) is 61.3 Å². The maximum Gasteiger partial charge on any atom is 0.330 e. The molecule has 0 saturated heterocycles. The highest BCUT2D eigenvalue weighted by atomic mass is 28.5. The van der Waals surface area contributed by atoms with Gasteiger partial charge >= 0.3 is 17.1 Å². The van der Waals surface area contributed by atoms with Gasteiger partial charge in [-0.15, -0.1) is 13.2 Å². The molecule has 0 radical (unpaired) electrons. The van der Waals surface area contributed by atoms with Gasteiger partial charge in [0.15, 0.2) is 8.32 Å². The van der Waals surface area contributed by atoms with Gasteiger partial charge < -0.3 is 48.3 Å². The van der Waals surface area contributed by atoms with Crippen LogP contribution in [0.5, 0.6) is 0 Å². The third-order valence-electron chi connectivity index (χ3n) is 5.63. The van der Waals surface area contributed by atoms with E-state index in [0.717, 1.165) is 23.8 Å². The molecule has 1 aromatic rings. The van der Waals surface area contributed by atoms with Crippen molar-refractivity contribution in [3.63, 3.8) is 0 Å². The topological polar surface area (TPSA) is 126 Å². The molecule has 254 valence electrons. The van der Waals surface area contributed by atoms with Crippen molar-refractivity contribution in [2.24, 2.45) is 0 Å². The summed E-state index contributed by atoms with van der Waals surface area (Å²) >= 11 is 0. The van der Waals surface area contributed by atoms with Gasteiger partial charge in [-0.1, -0.05) is 25.2 Å². The zero-order valence-corrected chi connectivity index (χ0v) is 33.3. The van der Waals surface area contributed by atoms with Crippen molar-refractivity contribution in [3.05, 3.63) is 43.0 Å². The highest BCUT2D eigenvalue weighted by molar-refractivity contribution is 6.86. The Bertz CT molecular complexity index is 796. The Balaban J connectivity index is 0. The van der Waals surface area contributed by atoms with Crippen LogP contribution < -0.4 is 16.4 Å². The van der Waals surface area contributed by atoms with Gasteiger partial charge in [0.05, 0.1) is 38.6 Å². The molecule has 1 aromatic carbocycles. The number of methoxy groups -OCH3 is 1. The third-order valence-corrected chi connectivity index (χ3v) is 16.1. The minimum atomic E-state index is -2.58. The number of nitrogens with one attached hydrogen (secondary N) is 2. The van der Waals surface area contributed by atoms with Crippen molar-refractivity contribution in [2.45, 2.75) is 71.0 Å². The third kappa shape index (κ3) is 25.2. The number of nitrogen functional groups attached to an aromatic ring is 1. The van der Waals surface area contributed by atoms with Crippen LogP contribution in [0.3, 0.4) is 0 Å². The monoisotopic (exact) mass is 679 g/mol. The number of ether oxygens (including phenoxy) is 3. The van der Waals surface area contributed by atoms with E-state index in [9.17, 15) is 5.11 Å². The van der Waals surface area contributed by atoms with E-state index in [1.54, 1.807) is 14.2 Å². The summed E-state index contributed by atoms with van der Waals surface area (Å²) in [5, 5.41) is 16.9. The first-order valence-electron chi connectivity index (χ1n) is 15.3. The second-order valence-corrected chi connectivity index (χ2v) is 24.6. The second-order valence-electron chi connectivity index (χ2n) is 11.6. The molecule has 0 heterocycles. The number of hydrogen-bond acceptors (Lipinski definition) is 10. The molecule has 0 fully saturated rings. The summed E-state index contributed by atoms with van der Waals surface area (Å²) in [4.78, 5) is 0. The maximum atomic E-state index is 10.1. The minimum absolute atomic E-state index is 0.0637. The standard InChI is InChI=1S/C25H53N3O7Si3.C2H8Si.C2H4/c1-22(30-2)18-32-15-16-33-19-25(29)17-27-13-14-28-21-38(8,34-36(4,5)6)35-37(7,31-3)20-23-9-11-24(26)12-10-23;1-3-2;1-2/h9-12,22,25,27-29H,13-21,26H2,1-8H3;3H2,1-2H3;1-2H2. The fourth-order valence-electron chi connectivity index (χ4n) is 3.83. The van der Waals surface area contributed by atoms with Crippen molar-refractivity contribution >= 4 is 40.6 Å². The first-order chi connectivity index (χ1) is 20.2. The van der Waals surface area contributed by atoms with E-state index in [2.05, 4.69) is 69.6 Å². The van der Waals surface area contributed by atoms with Crippen molar-refractivity contribution < 1.29 is 32.0 Å². The summed E-state index contributed by atoms with van der Waals surface area (Å²) in [7, 11) is -3.17. The molecule has 0 aliphatic carbocycles. The first-order valence-corrected chi connectivity index (χ1v) is 26.6. The van der Waals surface area contributed by atoms with E-state index < -0.39 is 31.5 Å². The molecule has 0 aliphatic rings. The van der Waals surface area contributed by atoms with Crippen LogP contribution in [-0.4, -0.2) is 119 Å². The Labute approximate surface area is 268 Å². The predicted molar refractivity (Wildman–Crippen MR) is 192 cm³/mol. The van der Waals surface area contributed by atoms with E-state index in [-0.39, 0.29) is 12.7 Å². The fraction of sp³-hybridized carbons (Fsp3) is 0.724. The minimum Gasteiger partial charge on any atom is -0.436 e. The molecule has 4 unspecified atom stereocenters. The van der Waals surface area contributed by atoms with Crippen molar-refractivity contribution in [1.82, 2.24) is 10.6 Å². The molecular formula is C29H65N3O7Si4. The van der Waals surface area contributed by atoms with E-state index >= 15 is 0 Å². The lowest BCUT2D eigenvalue weighted by molar-refractivity contribution is -0.0220. The lowest BCUT2D eigenvalue weighted by atomic mass is 10.2. The number of rotatable bonds is 22. The lowest BCUT2D eigenvalue weighted by Gasteiger charge is -2.40. The molecule has 0 bridgehead atoms. The zero-order chi connectivity index (χ0) is 33.4. The van der Waals surface area contributed by atoms with Gasteiger partial charge in [-0.05, 0) is 57.4 Å². The quantitative estimate of drug-likeness (QED) is 0.0629. The summed E-state index contributed by atoms with van der Waals surface area (Å²) in [6.45, 7) is 26.9. The van der Waals surface area contributed by atoms with Crippen LogP contribution in [0, 0.1) is 0 Å². The van der Waals surface area contributed by atoms with Crippen LogP contribution in [0.2, 0.25) is 45.8 Å². The Morgan fingerprint density at radius 2 is 1.42 bits per heavy atom. The highest BCUT2D eigenvalue weighted by Gasteiger charge is 2.44. The van der Waals surface area contributed by atoms with Gasteiger partial charge in [-0.25, -0.2) is 0 Å². The number of aliphatic hydroxyl groups excluding tert-OH is 1. The SMILES string of the molecule is C=C.COC(C)COCCOCC(O)CNCCNC[Si](C)(O[Si](C)(C)C)O[Si](C)(Cc1ccc(N)cc1)OC.C[SiH2]C. The Morgan fingerprint density at radius 3 is 1.93 bits per heavy atom. The molecule has 14 heteroatoms. The Hall–Kier alpha value is -0.732. The first kappa shape index (κ1) is 44.4. The van der Waals surface area contributed by atoms with Crippen molar-refractivity contribution in [2.75, 3.05) is 72.2 Å². The van der Waals surface area contributed by atoms with Crippen LogP contribution in [0.1, 0.15) is 12.5 Å². The van der Waals surface area contributed by atoms with E-state index in [1.165, 1.54) is 0 Å². The summed E-state index contributed by atoms with van der Waals surface area (Å²) in [5.41, 5.74) is 7.74. The van der Waals surface area contributed by atoms with Crippen molar-refractivity contribution in [1.29, 1.82) is 0 Å². The summed E-state index contributed by atoms with van der Waals surface area (Å²) in [5.74, 6) is 0. The van der Waals surface area contributed by atoms with Crippen molar-refractivity contribution in [3.8, 4) is 0 Å². The molecule has 0 spiro atoms. The highest BCUT2D eigenvalue weighted by Crippen LogP contribution is 2.24. The molecule has 10 nitrogen and oxygen atoms in total. The molecule has 0 aromatic heterocycles. The number of hydrogen-bond donors (Lipinski definition) is 4. The van der Waals surface area contributed by atoms with Gasteiger partial charge in [0.1, 0.15) is 0 Å². The van der Waals surface area contributed by atoms with Gasteiger partial charge in [0.25, 0.3) is 0 Å². The molecular weight excluding hydrogens is 615 g/mol. The average Bonchev–Trinajstić information content (AvgIpc) is 2.94. The van der Waals surface area contributed by atoms with E-state index in [0.29, 0.717) is 48.6 Å². The lowest BCUT2D eigenvalue weighted by Crippen LogP contribution is -2.61. The second kappa shape index (κ2) is 25.5. The van der Waals surface area contributed by atoms with Gasteiger partial charge in [-0.3, -0.25) is 0 Å². The molecule has 43 heavy (non-hydrogen) atoms. The maximum absolute atomic E-state index is 10.1. The predicted octanol–water partition coefficient (Wildman–Crippen LogP) is 3.21. The Morgan fingerprint density at radius 1 is 0.884 bits per heavy atom. The van der Waals surface area contributed by atoms with Crippen LogP contribution in [0.25, 0.3) is 0 Å². The molecule has 1 rings (SSSR count). The zero-order valence-electron chi connectivity index (χ0n) is 28.9. The smallest absolute Gasteiger partial charge is 0.330 e. The van der Waals surface area contributed by atoms with E-state index in [1.807, 2.05) is 31.2 Å². The summed E-state index contributed by atoms with van der Waals surface area (Å²) in [6, 6.07) is 8.60. The fourth-order valence-corrected chi connectivity index (χ4v) is 16.2. The molecule has 0 saturated carbocycles. The average molecular weight is 680 g/mol. The van der Waals surface area contributed by atoms with Gasteiger partial charge in [-0.2, -0.15) is 0 Å². The number of nitrogens with two attached hydrogens (primary N) is 1. The van der Waals surface area contributed by atoms with Gasteiger partial charge in [0.2, 0.25) is 0 Å². The van der Waals surface area contributed by atoms with Crippen LogP contribution in [-0.2, 0) is 32.9 Å². The molecule has 0 aliphatic heterocycles. The normalized spacial score (nSPS) is 15.6. The number of benzene rings is 1. The molecule has 5 N–H and O–H groups in total. The van der Waals surface area contributed by atoms with Crippen LogP contribution in [0.15, 0.2) is 37.4 Å².